The molecule has 0 aliphatic rings. The van der Waals surface area contributed by atoms with E-state index < -0.39 is 12.0 Å². The molecule has 0 saturated heterocycles. The van der Waals surface area contributed by atoms with Crippen molar-refractivity contribution in [3.05, 3.63) is 29.6 Å². The Bertz CT molecular complexity index is 642. The molecule has 0 fully saturated rings. The lowest BCUT2D eigenvalue weighted by Gasteiger charge is -2.26. The van der Waals surface area contributed by atoms with Crippen molar-refractivity contribution in [1.29, 1.82) is 0 Å². The molecule has 9 heteroatoms. The van der Waals surface area contributed by atoms with E-state index in [1.807, 2.05) is 0 Å². The van der Waals surface area contributed by atoms with Crippen molar-refractivity contribution in [3.8, 4) is 0 Å². The zero-order chi connectivity index (χ0) is 20.2. The number of nitrogens with zero attached hydrogens (tertiary/aromatic N) is 1. The molecular weight excluding hydrogens is 355 g/mol. The Balaban J connectivity index is 2.67. The number of rotatable bonds is 13. The van der Waals surface area contributed by atoms with Crippen LogP contribution in [0.1, 0.15) is 31.2 Å². The van der Waals surface area contributed by atoms with Gasteiger partial charge in [-0.1, -0.05) is 12.1 Å². The molecule has 1 unspecified atom stereocenters. The number of anilines is 1. The Labute approximate surface area is 158 Å². The van der Waals surface area contributed by atoms with Gasteiger partial charge in [-0.3, -0.25) is 9.59 Å². The summed E-state index contributed by atoms with van der Waals surface area (Å²) in [5.41, 5.74) is 11.0. The summed E-state index contributed by atoms with van der Waals surface area (Å²) in [6, 6.07) is 4.79. The van der Waals surface area contributed by atoms with Crippen molar-refractivity contribution < 1.29 is 23.5 Å². The van der Waals surface area contributed by atoms with Crippen LogP contribution in [-0.4, -0.2) is 44.7 Å². The summed E-state index contributed by atoms with van der Waals surface area (Å²) in [5, 5.41) is 2.63. The van der Waals surface area contributed by atoms with Crippen LogP contribution in [0.4, 0.5) is 14.9 Å². The van der Waals surface area contributed by atoms with Gasteiger partial charge >= 0.3 is 6.09 Å². The molecule has 5 N–H and O–H groups in total. The number of carbonyl (C=O) groups excluding carboxylic acids is 3. The maximum absolute atomic E-state index is 14.8. The minimum atomic E-state index is -0.820. The second-order valence-corrected chi connectivity index (χ2v) is 6.24. The summed E-state index contributed by atoms with van der Waals surface area (Å²) >= 11 is 0. The average molecular weight is 382 g/mol. The van der Waals surface area contributed by atoms with E-state index in [0.717, 1.165) is 0 Å². The molecule has 1 aromatic rings. The van der Waals surface area contributed by atoms with E-state index >= 15 is 0 Å². The van der Waals surface area contributed by atoms with Gasteiger partial charge in [0.15, 0.2) is 0 Å². The Morgan fingerprint density at radius 3 is 2.70 bits per heavy atom. The first-order chi connectivity index (χ1) is 12.8. The van der Waals surface area contributed by atoms with Gasteiger partial charge in [0.05, 0.1) is 12.3 Å². The highest BCUT2D eigenvalue weighted by Gasteiger charge is 2.16. The Morgan fingerprint density at radius 2 is 2.07 bits per heavy atom. The molecule has 8 nitrogen and oxygen atoms in total. The molecule has 0 aliphatic carbocycles. The number of hydrogen-bond donors (Lipinski definition) is 3. The second kappa shape index (κ2) is 11.7. The lowest BCUT2D eigenvalue weighted by Crippen LogP contribution is -2.40. The van der Waals surface area contributed by atoms with E-state index in [1.165, 1.54) is 0 Å². The van der Waals surface area contributed by atoms with Crippen molar-refractivity contribution in [2.24, 2.45) is 11.5 Å². The Kier molecular flexibility index (Phi) is 9.63. The number of aryl methyl sites for hydroxylation is 1. The van der Waals surface area contributed by atoms with Gasteiger partial charge in [0.25, 0.3) is 0 Å². The van der Waals surface area contributed by atoms with E-state index in [4.69, 9.17) is 11.5 Å². The van der Waals surface area contributed by atoms with Crippen LogP contribution in [-0.2, 0) is 20.7 Å². The largest absolute Gasteiger partial charge is 0.450 e. The lowest BCUT2D eigenvalue weighted by molar-refractivity contribution is -0.118. The third-order valence-corrected chi connectivity index (χ3v) is 4.09. The summed E-state index contributed by atoms with van der Waals surface area (Å²) in [4.78, 5) is 33.9. The minimum Gasteiger partial charge on any atom is -0.450 e. The molecule has 27 heavy (non-hydrogen) atoms. The van der Waals surface area contributed by atoms with E-state index in [-0.39, 0.29) is 24.9 Å². The topological polar surface area (TPSA) is 128 Å². The maximum atomic E-state index is 14.8. The van der Waals surface area contributed by atoms with Crippen molar-refractivity contribution in [2.45, 2.75) is 38.1 Å². The zero-order valence-corrected chi connectivity index (χ0v) is 15.4. The minimum absolute atomic E-state index is 0.134. The van der Waals surface area contributed by atoms with Crippen molar-refractivity contribution in [3.63, 3.8) is 0 Å². The van der Waals surface area contributed by atoms with Crippen molar-refractivity contribution >= 4 is 24.1 Å². The summed E-state index contributed by atoms with van der Waals surface area (Å²) < 4.78 is 19.4. The van der Waals surface area contributed by atoms with Gasteiger partial charge < -0.3 is 26.4 Å². The Morgan fingerprint density at radius 1 is 1.33 bits per heavy atom. The molecule has 1 atom stereocenters. The maximum Gasteiger partial charge on any atom is 0.404 e. The van der Waals surface area contributed by atoms with E-state index in [9.17, 15) is 18.8 Å². The van der Waals surface area contributed by atoms with Crippen LogP contribution in [0.5, 0.6) is 0 Å². The van der Waals surface area contributed by atoms with Gasteiger partial charge in [0.2, 0.25) is 12.3 Å². The first-order valence-corrected chi connectivity index (χ1v) is 8.74. The number of nitrogens with one attached hydrogen (secondary N) is 1. The first-order valence-electron chi connectivity index (χ1n) is 8.74. The molecular formula is C18H27FN4O4. The number of hydrogen-bond acceptors (Lipinski definition) is 5. The molecule has 0 spiro atoms. The zero-order valence-electron chi connectivity index (χ0n) is 15.4. The van der Waals surface area contributed by atoms with Gasteiger partial charge in [-0.2, -0.15) is 0 Å². The van der Waals surface area contributed by atoms with Crippen LogP contribution >= 0.6 is 0 Å². The van der Waals surface area contributed by atoms with Gasteiger partial charge in [0.1, 0.15) is 5.82 Å². The molecule has 0 bridgehead atoms. The smallest absolute Gasteiger partial charge is 0.404 e. The first kappa shape index (κ1) is 22.2. The average Bonchev–Trinajstić information content (AvgIpc) is 2.60. The van der Waals surface area contributed by atoms with Crippen LogP contribution in [0.15, 0.2) is 18.2 Å². The third kappa shape index (κ3) is 8.39. The summed E-state index contributed by atoms with van der Waals surface area (Å²) in [5.74, 6) is -0.792. The molecule has 0 heterocycles. The SMILES string of the molecule is CN(CC(CCC(N)=O)NC=O)c1cccc(CCCCOC(N)=O)c1F. The lowest BCUT2D eigenvalue weighted by atomic mass is 10.1. The van der Waals surface area contributed by atoms with Gasteiger partial charge in [-0.15, -0.1) is 0 Å². The van der Waals surface area contributed by atoms with Gasteiger partial charge in [0, 0.05) is 26.1 Å². The number of nitrogens with two attached hydrogens (primary N) is 2. The highest BCUT2D eigenvalue weighted by atomic mass is 19.1. The van der Waals surface area contributed by atoms with Crippen molar-refractivity contribution in [2.75, 3.05) is 25.1 Å². The number of ether oxygens (including phenoxy) is 1. The third-order valence-electron chi connectivity index (χ3n) is 4.09. The number of benzene rings is 1. The fourth-order valence-electron chi connectivity index (χ4n) is 2.71. The highest BCUT2D eigenvalue weighted by molar-refractivity contribution is 5.73. The highest BCUT2D eigenvalue weighted by Crippen LogP contribution is 2.23. The predicted octanol–water partition coefficient (Wildman–Crippen LogP) is 1.06. The number of carbonyl (C=O) groups is 3. The van der Waals surface area contributed by atoms with Crippen LogP contribution < -0.4 is 21.7 Å². The number of amides is 3. The molecule has 0 radical (unpaired) electrons. The van der Waals surface area contributed by atoms with Crippen LogP contribution in [0.3, 0.4) is 0 Å². The summed E-state index contributed by atoms with van der Waals surface area (Å²) in [7, 11) is 1.71. The molecule has 1 aromatic carbocycles. The molecule has 0 saturated carbocycles. The van der Waals surface area contributed by atoms with Crippen LogP contribution in [0, 0.1) is 5.82 Å². The number of primary amides is 2. The quantitative estimate of drug-likeness (QED) is 0.347. The normalized spacial score (nSPS) is 11.5. The molecule has 1 rings (SSSR count). The molecule has 150 valence electrons. The van der Waals surface area contributed by atoms with Crippen LogP contribution in [0.2, 0.25) is 0 Å². The van der Waals surface area contributed by atoms with E-state index in [1.54, 1.807) is 30.1 Å². The molecule has 0 aromatic heterocycles. The van der Waals surface area contributed by atoms with Crippen LogP contribution in [0.25, 0.3) is 0 Å². The molecule has 0 aliphatic heterocycles. The number of halogens is 1. The second-order valence-electron chi connectivity index (χ2n) is 6.24. The standard InChI is InChI=1S/C18H27FN4O4/c1-23(11-14(22-12-24)8-9-16(20)25)15-7-4-6-13(17(15)19)5-2-3-10-27-18(21)26/h4,6-7,12,14H,2-3,5,8-11H2,1H3,(H2,20,25)(H2,21,26)(H,22,24). The fourth-order valence-corrected chi connectivity index (χ4v) is 2.71. The van der Waals surface area contributed by atoms with E-state index in [2.05, 4.69) is 10.1 Å². The summed E-state index contributed by atoms with van der Waals surface area (Å²) in [6.07, 6.45) is 1.97. The van der Waals surface area contributed by atoms with Crippen molar-refractivity contribution in [1.82, 2.24) is 5.32 Å². The van der Waals surface area contributed by atoms with Gasteiger partial charge in [-0.05, 0) is 37.3 Å². The molecule has 3 amide bonds. The number of unbranched alkanes of at least 4 members (excludes halogenated alkanes) is 1. The fraction of sp³-hybridized carbons (Fsp3) is 0.500. The Hall–Kier alpha value is -2.84. The monoisotopic (exact) mass is 382 g/mol. The predicted molar refractivity (Wildman–Crippen MR) is 99.6 cm³/mol. The summed E-state index contributed by atoms with van der Waals surface area (Å²) in [6.45, 7) is 0.536. The van der Waals surface area contributed by atoms with Gasteiger partial charge in [-0.25, -0.2) is 9.18 Å². The number of likely N-dealkylation sites (N-methyl/N-ethyl adjacent to an activating group) is 1. The van der Waals surface area contributed by atoms with E-state index in [0.29, 0.717) is 49.9 Å².